The largest absolute Gasteiger partial charge is 0.338 e. The molecule has 0 N–H and O–H groups in total. The van der Waals surface area contributed by atoms with E-state index in [1.165, 1.54) is 54.6 Å². The molecule has 0 aromatic heterocycles. The van der Waals surface area contributed by atoms with Gasteiger partial charge in [0.05, 0.1) is 0 Å². The van der Waals surface area contributed by atoms with Gasteiger partial charge in [0.1, 0.15) is 0 Å². The Hall–Kier alpha value is -1.76. The first kappa shape index (κ1) is 19.6. The van der Waals surface area contributed by atoms with Gasteiger partial charge in [-0.3, -0.25) is 0 Å². The van der Waals surface area contributed by atoms with Crippen molar-refractivity contribution >= 4 is 11.4 Å². The zero-order valence-electron chi connectivity index (χ0n) is 16.6. The zero-order valence-corrected chi connectivity index (χ0v) is 16.6. The molecule has 0 bridgehead atoms. The Balaban J connectivity index is 2.57. The number of aryl methyl sites for hydroxylation is 2. The summed E-state index contributed by atoms with van der Waals surface area (Å²) < 4.78 is 0. The average Bonchev–Trinajstić information content (AvgIpc) is 2.67. The van der Waals surface area contributed by atoms with Crippen LogP contribution in [0.5, 0.6) is 0 Å². The van der Waals surface area contributed by atoms with Crippen molar-refractivity contribution < 1.29 is 0 Å². The van der Waals surface area contributed by atoms with Gasteiger partial charge in [-0.1, -0.05) is 83.4 Å². The third kappa shape index (κ3) is 4.87. The highest BCUT2D eigenvalue weighted by atomic mass is 15.2. The summed E-state index contributed by atoms with van der Waals surface area (Å²) in [7, 11) is 0. The standard InChI is InChI=1S/C24H35N/c1-5-9-17-22(14-6-2)25(23-18-12-10-15-20(23)7-3)24-19-13-11-16-21(24)8-4/h10-13,15-16,18-19,22H,5-9,14,17H2,1-4H3. The molecule has 1 atom stereocenters. The summed E-state index contributed by atoms with van der Waals surface area (Å²) in [5, 5.41) is 0. The maximum atomic E-state index is 2.66. The molecule has 1 heteroatoms. The summed E-state index contributed by atoms with van der Waals surface area (Å²) in [5.41, 5.74) is 5.71. The molecule has 0 aliphatic rings. The number of rotatable bonds is 10. The van der Waals surface area contributed by atoms with Gasteiger partial charge in [0, 0.05) is 17.4 Å². The van der Waals surface area contributed by atoms with Crippen LogP contribution in [0.3, 0.4) is 0 Å². The van der Waals surface area contributed by atoms with Crippen LogP contribution in [0.1, 0.15) is 70.9 Å². The van der Waals surface area contributed by atoms with E-state index in [9.17, 15) is 0 Å². The SMILES string of the molecule is CCCCC(CCC)N(c1ccccc1CC)c1ccccc1CC. The smallest absolute Gasteiger partial charge is 0.0445 e. The summed E-state index contributed by atoms with van der Waals surface area (Å²) in [6.07, 6.45) is 8.45. The Morgan fingerprint density at radius 1 is 0.680 bits per heavy atom. The van der Waals surface area contributed by atoms with Crippen molar-refractivity contribution in [2.75, 3.05) is 4.90 Å². The molecule has 0 fully saturated rings. The van der Waals surface area contributed by atoms with Gasteiger partial charge < -0.3 is 4.90 Å². The number of hydrogen-bond acceptors (Lipinski definition) is 1. The van der Waals surface area contributed by atoms with Gasteiger partial charge in [-0.2, -0.15) is 0 Å². The molecule has 0 amide bonds. The van der Waals surface area contributed by atoms with E-state index in [2.05, 4.69) is 81.1 Å². The molecule has 0 radical (unpaired) electrons. The molecule has 0 saturated carbocycles. The van der Waals surface area contributed by atoms with Crippen molar-refractivity contribution in [2.45, 2.75) is 78.7 Å². The van der Waals surface area contributed by atoms with Crippen molar-refractivity contribution in [1.82, 2.24) is 0 Å². The van der Waals surface area contributed by atoms with Gasteiger partial charge in [-0.25, -0.2) is 0 Å². The molecule has 2 aromatic carbocycles. The van der Waals surface area contributed by atoms with Crippen molar-refractivity contribution in [1.29, 1.82) is 0 Å². The number of nitrogens with zero attached hydrogens (tertiary/aromatic N) is 1. The lowest BCUT2D eigenvalue weighted by molar-refractivity contribution is 0.523. The minimum Gasteiger partial charge on any atom is -0.338 e. The molecule has 0 saturated heterocycles. The van der Waals surface area contributed by atoms with E-state index in [4.69, 9.17) is 0 Å². The Labute approximate surface area is 155 Å². The fourth-order valence-electron chi connectivity index (χ4n) is 3.79. The van der Waals surface area contributed by atoms with E-state index < -0.39 is 0 Å². The second kappa shape index (κ2) is 10.3. The average molecular weight is 338 g/mol. The lowest BCUT2D eigenvalue weighted by Crippen LogP contribution is -2.32. The van der Waals surface area contributed by atoms with Crippen molar-refractivity contribution in [3.8, 4) is 0 Å². The molecule has 1 unspecified atom stereocenters. The molecular formula is C24H35N. The van der Waals surface area contributed by atoms with Gasteiger partial charge in [-0.05, 0) is 48.9 Å². The number of hydrogen-bond donors (Lipinski definition) is 0. The molecular weight excluding hydrogens is 302 g/mol. The third-order valence-electron chi connectivity index (χ3n) is 5.14. The maximum Gasteiger partial charge on any atom is 0.0445 e. The van der Waals surface area contributed by atoms with Crippen molar-refractivity contribution in [3.05, 3.63) is 59.7 Å². The molecule has 2 rings (SSSR count). The molecule has 2 aromatic rings. The summed E-state index contributed by atoms with van der Waals surface area (Å²) in [4.78, 5) is 2.66. The van der Waals surface area contributed by atoms with Crippen LogP contribution in [0.15, 0.2) is 48.5 Å². The fourth-order valence-corrected chi connectivity index (χ4v) is 3.79. The number of anilines is 2. The lowest BCUT2D eigenvalue weighted by Gasteiger charge is -2.36. The van der Waals surface area contributed by atoms with E-state index in [1.807, 2.05) is 0 Å². The Morgan fingerprint density at radius 2 is 1.20 bits per heavy atom. The van der Waals surface area contributed by atoms with E-state index >= 15 is 0 Å². The molecule has 0 heterocycles. The molecule has 136 valence electrons. The van der Waals surface area contributed by atoms with E-state index in [-0.39, 0.29) is 0 Å². The second-order valence-corrected chi connectivity index (χ2v) is 6.92. The van der Waals surface area contributed by atoms with E-state index in [0.717, 1.165) is 12.8 Å². The molecule has 1 nitrogen and oxygen atoms in total. The van der Waals surface area contributed by atoms with Crippen LogP contribution >= 0.6 is 0 Å². The summed E-state index contributed by atoms with van der Waals surface area (Å²) in [6.45, 7) is 9.15. The predicted molar refractivity (Wildman–Crippen MR) is 112 cm³/mol. The second-order valence-electron chi connectivity index (χ2n) is 6.92. The maximum absolute atomic E-state index is 2.66. The van der Waals surface area contributed by atoms with Gasteiger partial charge >= 0.3 is 0 Å². The predicted octanol–water partition coefficient (Wildman–Crippen LogP) is 7.31. The Kier molecular flexibility index (Phi) is 8.04. The van der Waals surface area contributed by atoms with Crippen LogP contribution in [0.2, 0.25) is 0 Å². The van der Waals surface area contributed by atoms with Gasteiger partial charge in [0.2, 0.25) is 0 Å². The molecule has 0 aliphatic carbocycles. The minimum atomic E-state index is 0.574. The summed E-state index contributed by atoms with van der Waals surface area (Å²) in [6, 6.07) is 18.5. The first-order valence-corrected chi connectivity index (χ1v) is 10.2. The first-order chi connectivity index (χ1) is 12.3. The molecule has 0 aliphatic heterocycles. The Morgan fingerprint density at radius 3 is 1.64 bits per heavy atom. The quantitative estimate of drug-likeness (QED) is 0.439. The monoisotopic (exact) mass is 337 g/mol. The van der Waals surface area contributed by atoms with Crippen molar-refractivity contribution in [2.24, 2.45) is 0 Å². The minimum absolute atomic E-state index is 0.574. The van der Waals surface area contributed by atoms with Crippen molar-refractivity contribution in [3.63, 3.8) is 0 Å². The highest BCUT2D eigenvalue weighted by molar-refractivity contribution is 5.70. The summed E-state index contributed by atoms with van der Waals surface area (Å²) >= 11 is 0. The highest BCUT2D eigenvalue weighted by Crippen LogP contribution is 2.36. The topological polar surface area (TPSA) is 3.24 Å². The fraction of sp³-hybridized carbons (Fsp3) is 0.500. The number of unbranched alkanes of at least 4 members (excludes halogenated alkanes) is 1. The first-order valence-electron chi connectivity index (χ1n) is 10.2. The van der Waals surface area contributed by atoms with Crippen LogP contribution in [-0.2, 0) is 12.8 Å². The number of benzene rings is 2. The number of para-hydroxylation sites is 2. The molecule has 25 heavy (non-hydrogen) atoms. The third-order valence-corrected chi connectivity index (χ3v) is 5.14. The molecule has 0 spiro atoms. The van der Waals surface area contributed by atoms with Crippen LogP contribution in [-0.4, -0.2) is 6.04 Å². The van der Waals surface area contributed by atoms with Crippen LogP contribution < -0.4 is 4.90 Å². The van der Waals surface area contributed by atoms with Gasteiger partial charge in [-0.15, -0.1) is 0 Å². The van der Waals surface area contributed by atoms with E-state index in [1.54, 1.807) is 0 Å². The normalized spacial score (nSPS) is 12.2. The highest BCUT2D eigenvalue weighted by Gasteiger charge is 2.23. The van der Waals surface area contributed by atoms with Crippen LogP contribution in [0.4, 0.5) is 11.4 Å². The zero-order chi connectivity index (χ0) is 18.1. The lowest BCUT2D eigenvalue weighted by atomic mass is 9.97. The van der Waals surface area contributed by atoms with Gasteiger partial charge in [0.25, 0.3) is 0 Å². The van der Waals surface area contributed by atoms with Crippen LogP contribution in [0.25, 0.3) is 0 Å². The Bertz CT molecular complexity index is 584. The summed E-state index contributed by atoms with van der Waals surface area (Å²) in [5.74, 6) is 0. The van der Waals surface area contributed by atoms with Crippen LogP contribution in [0, 0.1) is 0 Å². The van der Waals surface area contributed by atoms with Gasteiger partial charge in [0.15, 0.2) is 0 Å². The van der Waals surface area contributed by atoms with E-state index in [0.29, 0.717) is 6.04 Å².